The molecule has 61 valence electrons. The quantitative estimate of drug-likeness (QED) is 0.568. The third-order valence-corrected chi connectivity index (χ3v) is 4.16. The number of rotatable bonds is 5. The van der Waals surface area contributed by atoms with E-state index >= 15 is 0 Å². The van der Waals surface area contributed by atoms with Crippen molar-refractivity contribution in [3.63, 3.8) is 0 Å². The molecule has 0 aromatic carbocycles. The second-order valence-corrected chi connectivity index (χ2v) is 4.91. The van der Waals surface area contributed by atoms with Crippen molar-refractivity contribution in [2.24, 2.45) is 0 Å². The predicted molar refractivity (Wildman–Crippen MR) is 41.6 cm³/mol. The summed E-state index contributed by atoms with van der Waals surface area (Å²) in [6, 6.07) is 0.760. The lowest BCUT2D eigenvalue weighted by Gasteiger charge is -2.23. The van der Waals surface area contributed by atoms with Gasteiger partial charge in [0.15, 0.2) is 0 Å². The summed E-state index contributed by atoms with van der Waals surface area (Å²) in [6.45, 7) is 1.96. The van der Waals surface area contributed by atoms with Gasteiger partial charge >= 0.3 is 8.80 Å². The molecule has 0 heterocycles. The van der Waals surface area contributed by atoms with Crippen LogP contribution in [0.3, 0.4) is 0 Å². The zero-order valence-corrected chi connectivity index (χ0v) is 8.01. The van der Waals surface area contributed by atoms with Crippen LogP contribution in [0, 0.1) is 6.42 Å². The van der Waals surface area contributed by atoms with Crippen LogP contribution in [-0.4, -0.2) is 30.1 Å². The summed E-state index contributed by atoms with van der Waals surface area (Å²) < 4.78 is 15.4. The highest BCUT2D eigenvalue weighted by Crippen LogP contribution is 2.13. The van der Waals surface area contributed by atoms with E-state index in [1.807, 2.05) is 13.3 Å². The molecule has 0 spiro atoms. The summed E-state index contributed by atoms with van der Waals surface area (Å²) in [6.07, 6.45) is 1.99. The van der Waals surface area contributed by atoms with E-state index in [0.29, 0.717) is 0 Å². The van der Waals surface area contributed by atoms with Crippen LogP contribution in [0.5, 0.6) is 0 Å². The molecule has 0 aliphatic heterocycles. The maximum absolute atomic E-state index is 5.14. The Kier molecular flexibility index (Phi) is 4.89. The van der Waals surface area contributed by atoms with Crippen molar-refractivity contribution in [2.45, 2.75) is 13.0 Å². The van der Waals surface area contributed by atoms with Crippen LogP contribution in [0.2, 0.25) is 6.04 Å². The van der Waals surface area contributed by atoms with Crippen LogP contribution < -0.4 is 0 Å². The fourth-order valence-electron chi connectivity index (χ4n) is 0.750. The van der Waals surface area contributed by atoms with Crippen molar-refractivity contribution in [3.8, 4) is 0 Å². The first-order valence-electron chi connectivity index (χ1n) is 3.18. The summed E-state index contributed by atoms with van der Waals surface area (Å²) in [7, 11) is 2.57. The Morgan fingerprint density at radius 2 is 1.50 bits per heavy atom. The Hall–Kier alpha value is 0.0969. The van der Waals surface area contributed by atoms with E-state index in [4.69, 9.17) is 13.3 Å². The van der Waals surface area contributed by atoms with Crippen molar-refractivity contribution in [1.29, 1.82) is 0 Å². The maximum Gasteiger partial charge on any atom is 0.500 e. The lowest BCUT2D eigenvalue weighted by molar-refractivity contribution is 0.126. The van der Waals surface area contributed by atoms with Gasteiger partial charge in [0.25, 0.3) is 0 Å². The Morgan fingerprint density at radius 1 is 1.10 bits per heavy atom. The average Bonchev–Trinajstić information content (AvgIpc) is 2.01. The first-order chi connectivity index (χ1) is 4.74. The van der Waals surface area contributed by atoms with E-state index in [1.165, 1.54) is 0 Å². The third kappa shape index (κ3) is 2.38. The van der Waals surface area contributed by atoms with Crippen LogP contribution in [0.1, 0.15) is 6.92 Å². The van der Waals surface area contributed by atoms with Crippen LogP contribution in [-0.2, 0) is 13.3 Å². The summed E-state index contributed by atoms with van der Waals surface area (Å²) in [5.41, 5.74) is 0. The van der Waals surface area contributed by atoms with E-state index < -0.39 is 8.80 Å². The molecule has 3 nitrogen and oxygen atoms in total. The fraction of sp³-hybridized carbons (Fsp3) is 0.833. The standard InChI is InChI=1S/C6H15O3Si/c1-5-6-10(7-2,8-3)9-4/h5H,6H2,1-4H3. The van der Waals surface area contributed by atoms with Gasteiger partial charge in [-0.1, -0.05) is 6.92 Å². The molecule has 4 heteroatoms. The van der Waals surface area contributed by atoms with Gasteiger partial charge in [0.05, 0.1) is 0 Å². The molecule has 0 amide bonds. The highest BCUT2D eigenvalue weighted by molar-refractivity contribution is 6.60. The predicted octanol–water partition coefficient (Wildman–Crippen LogP) is 1.09. The molecule has 0 unspecified atom stereocenters. The fourth-order valence-corrected chi connectivity index (χ4v) is 2.25. The van der Waals surface area contributed by atoms with Crippen LogP contribution in [0.4, 0.5) is 0 Å². The Morgan fingerprint density at radius 3 is 1.60 bits per heavy atom. The van der Waals surface area contributed by atoms with E-state index in [0.717, 1.165) is 6.04 Å². The first-order valence-corrected chi connectivity index (χ1v) is 5.11. The normalized spacial score (nSPS) is 12.0. The minimum Gasteiger partial charge on any atom is -0.377 e. The largest absolute Gasteiger partial charge is 0.500 e. The third-order valence-electron chi connectivity index (χ3n) is 1.39. The summed E-state index contributed by atoms with van der Waals surface area (Å²) in [5.74, 6) is 0. The number of hydrogen-bond donors (Lipinski definition) is 0. The Labute approximate surface area is 63.7 Å². The molecule has 0 N–H and O–H groups in total. The lowest BCUT2D eigenvalue weighted by Crippen LogP contribution is -2.42. The van der Waals surface area contributed by atoms with Crippen molar-refractivity contribution in [3.05, 3.63) is 6.42 Å². The van der Waals surface area contributed by atoms with Crippen molar-refractivity contribution in [2.75, 3.05) is 21.3 Å². The number of hydrogen-bond acceptors (Lipinski definition) is 3. The smallest absolute Gasteiger partial charge is 0.377 e. The summed E-state index contributed by atoms with van der Waals surface area (Å²) in [4.78, 5) is 0. The molecule has 10 heavy (non-hydrogen) atoms. The zero-order chi connectivity index (χ0) is 8.04. The molecule has 0 aromatic heterocycles. The van der Waals surface area contributed by atoms with Gasteiger partial charge in [-0.15, -0.1) is 0 Å². The second-order valence-electron chi connectivity index (χ2n) is 1.91. The van der Waals surface area contributed by atoms with E-state index in [-0.39, 0.29) is 0 Å². The minimum atomic E-state index is -2.27. The van der Waals surface area contributed by atoms with Gasteiger partial charge in [-0.25, -0.2) is 0 Å². The minimum absolute atomic E-state index is 0.760. The van der Waals surface area contributed by atoms with Crippen molar-refractivity contribution < 1.29 is 13.3 Å². The highest BCUT2D eigenvalue weighted by atomic mass is 28.4. The van der Waals surface area contributed by atoms with Crippen LogP contribution >= 0.6 is 0 Å². The molecule has 0 rings (SSSR count). The molecular weight excluding hydrogens is 148 g/mol. The SMILES string of the molecule is C[CH]C[Si](OC)(OC)OC. The first kappa shape index (κ1) is 10.1. The van der Waals surface area contributed by atoms with Gasteiger partial charge in [-0.3, -0.25) is 0 Å². The summed E-state index contributed by atoms with van der Waals surface area (Å²) in [5, 5.41) is 0. The van der Waals surface area contributed by atoms with Crippen LogP contribution in [0.15, 0.2) is 0 Å². The maximum atomic E-state index is 5.14. The van der Waals surface area contributed by atoms with E-state index in [2.05, 4.69) is 0 Å². The van der Waals surface area contributed by atoms with E-state index in [1.54, 1.807) is 21.3 Å². The Balaban J connectivity index is 3.87. The molecule has 0 saturated carbocycles. The zero-order valence-electron chi connectivity index (χ0n) is 7.01. The van der Waals surface area contributed by atoms with Gasteiger partial charge in [0.2, 0.25) is 0 Å². The molecule has 0 bridgehead atoms. The van der Waals surface area contributed by atoms with Gasteiger partial charge in [-0.2, -0.15) is 0 Å². The molecule has 0 aromatic rings. The molecule has 1 radical (unpaired) electrons. The van der Waals surface area contributed by atoms with Gasteiger partial charge in [0, 0.05) is 27.4 Å². The van der Waals surface area contributed by atoms with Gasteiger partial charge in [0.1, 0.15) is 0 Å². The Bertz CT molecular complexity index is 74.8. The second kappa shape index (κ2) is 4.84. The molecule has 0 fully saturated rings. The molecular formula is C6H15O3Si. The van der Waals surface area contributed by atoms with E-state index in [9.17, 15) is 0 Å². The van der Waals surface area contributed by atoms with Crippen molar-refractivity contribution >= 4 is 8.80 Å². The van der Waals surface area contributed by atoms with Crippen molar-refractivity contribution in [1.82, 2.24) is 0 Å². The summed E-state index contributed by atoms with van der Waals surface area (Å²) >= 11 is 0. The van der Waals surface area contributed by atoms with Crippen LogP contribution in [0.25, 0.3) is 0 Å². The molecule has 0 aliphatic rings. The lowest BCUT2D eigenvalue weighted by atomic mass is 10.6. The monoisotopic (exact) mass is 163 g/mol. The van der Waals surface area contributed by atoms with Gasteiger partial charge in [-0.05, 0) is 6.42 Å². The topological polar surface area (TPSA) is 27.7 Å². The molecule has 0 aliphatic carbocycles. The highest BCUT2D eigenvalue weighted by Gasteiger charge is 2.36. The van der Waals surface area contributed by atoms with Gasteiger partial charge < -0.3 is 13.3 Å². The average molecular weight is 163 g/mol. The molecule has 0 saturated heterocycles. The molecule has 0 atom stereocenters.